The highest BCUT2D eigenvalue weighted by atomic mass is 19.1. The molecule has 0 aliphatic heterocycles. The summed E-state index contributed by atoms with van der Waals surface area (Å²) < 4.78 is 13.1. The zero-order valence-electron chi connectivity index (χ0n) is 11.1. The predicted molar refractivity (Wildman–Crippen MR) is 75.2 cm³/mol. The van der Waals surface area contributed by atoms with Gasteiger partial charge in [0.15, 0.2) is 5.78 Å². The number of ketones is 1. The second kappa shape index (κ2) is 5.65. The van der Waals surface area contributed by atoms with Crippen LogP contribution in [0.2, 0.25) is 0 Å². The van der Waals surface area contributed by atoms with Crippen LogP contribution in [0.1, 0.15) is 15.9 Å². The monoisotopic (exact) mass is 257 g/mol. The Morgan fingerprint density at radius 2 is 1.84 bits per heavy atom. The van der Waals surface area contributed by atoms with Crippen LogP contribution in [0, 0.1) is 5.82 Å². The van der Waals surface area contributed by atoms with E-state index in [0.717, 1.165) is 5.69 Å². The Hall–Kier alpha value is -2.16. The minimum absolute atomic E-state index is 0.00528. The van der Waals surface area contributed by atoms with E-state index < -0.39 is 0 Å². The van der Waals surface area contributed by atoms with Gasteiger partial charge in [0.1, 0.15) is 5.82 Å². The number of rotatable bonds is 4. The Labute approximate surface area is 112 Å². The van der Waals surface area contributed by atoms with Crippen molar-refractivity contribution in [1.29, 1.82) is 0 Å². The third-order valence-corrected chi connectivity index (χ3v) is 2.94. The van der Waals surface area contributed by atoms with E-state index in [2.05, 4.69) is 0 Å². The largest absolute Gasteiger partial charge is 0.378 e. The molecule has 0 saturated carbocycles. The van der Waals surface area contributed by atoms with Gasteiger partial charge in [-0.15, -0.1) is 0 Å². The number of hydrogen-bond acceptors (Lipinski definition) is 2. The molecule has 0 bridgehead atoms. The third kappa shape index (κ3) is 3.41. The van der Waals surface area contributed by atoms with Crippen LogP contribution in [-0.2, 0) is 6.42 Å². The van der Waals surface area contributed by atoms with Crippen molar-refractivity contribution < 1.29 is 9.18 Å². The van der Waals surface area contributed by atoms with Crippen molar-refractivity contribution in [2.45, 2.75) is 6.42 Å². The Balaban J connectivity index is 2.18. The fraction of sp³-hybridized carbons (Fsp3) is 0.188. The highest BCUT2D eigenvalue weighted by Crippen LogP contribution is 2.15. The van der Waals surface area contributed by atoms with Crippen molar-refractivity contribution in [3.8, 4) is 0 Å². The van der Waals surface area contributed by atoms with Gasteiger partial charge >= 0.3 is 0 Å². The summed E-state index contributed by atoms with van der Waals surface area (Å²) in [5.74, 6) is -0.318. The molecule has 0 fully saturated rings. The molecule has 0 aromatic heterocycles. The highest BCUT2D eigenvalue weighted by molar-refractivity contribution is 5.98. The van der Waals surface area contributed by atoms with Crippen LogP contribution in [0.3, 0.4) is 0 Å². The van der Waals surface area contributed by atoms with Gasteiger partial charge in [-0.25, -0.2) is 4.39 Å². The van der Waals surface area contributed by atoms with Gasteiger partial charge in [0, 0.05) is 31.8 Å². The molecule has 0 atom stereocenters. The van der Waals surface area contributed by atoms with Crippen LogP contribution >= 0.6 is 0 Å². The Morgan fingerprint density at radius 3 is 2.53 bits per heavy atom. The van der Waals surface area contributed by atoms with Crippen molar-refractivity contribution in [2.24, 2.45) is 0 Å². The first-order chi connectivity index (χ1) is 9.06. The van der Waals surface area contributed by atoms with Gasteiger partial charge in [-0.3, -0.25) is 4.79 Å². The summed E-state index contributed by atoms with van der Waals surface area (Å²) >= 11 is 0. The lowest BCUT2D eigenvalue weighted by atomic mass is 10.0. The van der Waals surface area contributed by atoms with Gasteiger partial charge in [0.2, 0.25) is 0 Å². The van der Waals surface area contributed by atoms with E-state index in [1.165, 1.54) is 12.1 Å². The van der Waals surface area contributed by atoms with E-state index in [1.54, 1.807) is 18.2 Å². The van der Waals surface area contributed by atoms with E-state index in [-0.39, 0.29) is 18.0 Å². The molecule has 19 heavy (non-hydrogen) atoms. The van der Waals surface area contributed by atoms with Crippen LogP contribution in [0.4, 0.5) is 10.1 Å². The average Bonchev–Trinajstić information content (AvgIpc) is 2.39. The van der Waals surface area contributed by atoms with Gasteiger partial charge in [0.25, 0.3) is 0 Å². The highest BCUT2D eigenvalue weighted by Gasteiger charge is 2.08. The van der Waals surface area contributed by atoms with Crippen molar-refractivity contribution >= 4 is 11.5 Å². The number of Topliss-reactive ketones (excluding diaryl/α,β-unsaturated/α-hetero) is 1. The van der Waals surface area contributed by atoms with Gasteiger partial charge in [-0.2, -0.15) is 0 Å². The van der Waals surface area contributed by atoms with Gasteiger partial charge in [-0.1, -0.05) is 24.3 Å². The van der Waals surface area contributed by atoms with E-state index >= 15 is 0 Å². The predicted octanol–water partition coefficient (Wildman–Crippen LogP) is 3.32. The molecule has 0 spiro atoms. The van der Waals surface area contributed by atoms with Crippen LogP contribution in [0.5, 0.6) is 0 Å². The first-order valence-corrected chi connectivity index (χ1v) is 6.11. The molecule has 0 radical (unpaired) electrons. The van der Waals surface area contributed by atoms with E-state index in [9.17, 15) is 9.18 Å². The number of benzene rings is 2. The fourth-order valence-corrected chi connectivity index (χ4v) is 1.89. The van der Waals surface area contributed by atoms with Crippen LogP contribution in [-0.4, -0.2) is 19.9 Å². The van der Waals surface area contributed by atoms with E-state index in [1.807, 2.05) is 37.2 Å². The summed E-state index contributed by atoms with van der Waals surface area (Å²) in [6.45, 7) is 0. The standard InChI is InChI=1S/C16H16FNO/c1-18(2)15-8-4-6-13(11-15)16(19)10-12-5-3-7-14(17)9-12/h3-9,11H,10H2,1-2H3. The molecule has 0 aliphatic rings. The number of hydrogen-bond donors (Lipinski definition) is 0. The van der Waals surface area contributed by atoms with Gasteiger partial charge < -0.3 is 4.90 Å². The second-order valence-corrected chi connectivity index (χ2v) is 4.67. The molecule has 2 nitrogen and oxygen atoms in total. The molecule has 98 valence electrons. The summed E-state index contributed by atoms with van der Waals surface area (Å²) in [6, 6.07) is 13.6. The summed E-state index contributed by atoms with van der Waals surface area (Å²) in [5.41, 5.74) is 2.32. The van der Waals surface area contributed by atoms with Crippen molar-refractivity contribution in [1.82, 2.24) is 0 Å². The molecular weight excluding hydrogens is 241 g/mol. The van der Waals surface area contributed by atoms with Gasteiger partial charge in [-0.05, 0) is 29.8 Å². The maximum Gasteiger partial charge on any atom is 0.167 e. The topological polar surface area (TPSA) is 20.3 Å². The normalized spacial score (nSPS) is 10.3. The number of nitrogens with zero attached hydrogens (tertiary/aromatic N) is 1. The molecule has 3 heteroatoms. The first kappa shape index (κ1) is 13.3. The Morgan fingerprint density at radius 1 is 1.11 bits per heavy atom. The third-order valence-electron chi connectivity index (χ3n) is 2.94. The Bertz CT molecular complexity index is 593. The zero-order chi connectivity index (χ0) is 13.8. The van der Waals surface area contributed by atoms with Crippen molar-refractivity contribution in [2.75, 3.05) is 19.0 Å². The summed E-state index contributed by atoms with van der Waals surface area (Å²) in [4.78, 5) is 14.1. The smallest absolute Gasteiger partial charge is 0.167 e. The summed E-state index contributed by atoms with van der Waals surface area (Å²) in [6.07, 6.45) is 0.217. The number of carbonyl (C=O) groups is 1. The van der Waals surface area contributed by atoms with Crippen molar-refractivity contribution in [3.63, 3.8) is 0 Å². The van der Waals surface area contributed by atoms with Crippen LogP contribution in [0.15, 0.2) is 48.5 Å². The maximum absolute atomic E-state index is 13.1. The molecule has 0 heterocycles. The quantitative estimate of drug-likeness (QED) is 0.783. The molecule has 0 unspecified atom stereocenters. The van der Waals surface area contributed by atoms with E-state index in [4.69, 9.17) is 0 Å². The lowest BCUT2D eigenvalue weighted by Crippen LogP contribution is -2.10. The Kier molecular flexibility index (Phi) is 3.95. The molecule has 0 N–H and O–H groups in total. The van der Waals surface area contributed by atoms with Crippen LogP contribution in [0.25, 0.3) is 0 Å². The number of anilines is 1. The minimum atomic E-state index is -0.313. The first-order valence-electron chi connectivity index (χ1n) is 6.11. The second-order valence-electron chi connectivity index (χ2n) is 4.67. The molecule has 0 saturated heterocycles. The molecule has 0 aliphatic carbocycles. The molecular formula is C16H16FNO. The zero-order valence-corrected chi connectivity index (χ0v) is 11.1. The molecule has 2 aromatic carbocycles. The lowest BCUT2D eigenvalue weighted by Gasteiger charge is -2.13. The molecule has 2 rings (SSSR count). The molecule has 2 aromatic rings. The van der Waals surface area contributed by atoms with Crippen molar-refractivity contribution in [3.05, 3.63) is 65.5 Å². The fourth-order valence-electron chi connectivity index (χ4n) is 1.89. The lowest BCUT2D eigenvalue weighted by molar-refractivity contribution is 0.0993. The van der Waals surface area contributed by atoms with E-state index in [0.29, 0.717) is 11.1 Å². The summed E-state index contributed by atoms with van der Waals surface area (Å²) in [5, 5.41) is 0. The van der Waals surface area contributed by atoms with Gasteiger partial charge in [0.05, 0.1) is 0 Å². The average molecular weight is 257 g/mol. The molecule has 0 amide bonds. The summed E-state index contributed by atoms with van der Waals surface area (Å²) in [7, 11) is 3.85. The SMILES string of the molecule is CN(C)c1cccc(C(=O)Cc2cccc(F)c2)c1. The minimum Gasteiger partial charge on any atom is -0.378 e. The van der Waals surface area contributed by atoms with Crippen LogP contribution < -0.4 is 4.90 Å². The number of halogens is 1. The maximum atomic E-state index is 13.1. The number of carbonyl (C=O) groups excluding carboxylic acids is 1.